The number of rotatable bonds is 2. The number of nitrogens with zero attached hydrogens (tertiary/aromatic N) is 1. The summed E-state index contributed by atoms with van der Waals surface area (Å²) in [4.78, 5) is 38.4. The molecule has 6 heteroatoms. The van der Waals surface area contributed by atoms with E-state index in [1.165, 1.54) is 11.0 Å². The van der Waals surface area contributed by atoms with Crippen molar-refractivity contribution in [3.05, 3.63) is 56.9 Å². The topological polar surface area (TPSA) is 67.6 Å². The lowest BCUT2D eigenvalue weighted by Crippen LogP contribution is -2.31. The van der Waals surface area contributed by atoms with Crippen LogP contribution in [0.4, 0.5) is 0 Å². The van der Waals surface area contributed by atoms with Crippen molar-refractivity contribution < 1.29 is 14.0 Å². The Kier molecular flexibility index (Phi) is 3.76. The van der Waals surface area contributed by atoms with Gasteiger partial charge in [0, 0.05) is 16.5 Å². The highest BCUT2D eigenvalue weighted by atomic mass is 35.5. The van der Waals surface area contributed by atoms with Crippen molar-refractivity contribution in [1.82, 2.24) is 4.90 Å². The number of benzene rings is 1. The second-order valence-corrected chi connectivity index (χ2v) is 7.01. The third kappa shape index (κ3) is 2.59. The van der Waals surface area contributed by atoms with Gasteiger partial charge in [0.05, 0.1) is 18.4 Å². The normalized spacial score (nSPS) is 22.7. The molecule has 2 amide bonds. The third-order valence-corrected chi connectivity index (χ3v) is 5.44. The molecule has 1 fully saturated rings. The Bertz CT molecular complexity index is 965. The van der Waals surface area contributed by atoms with Gasteiger partial charge in [0.25, 0.3) is 0 Å². The summed E-state index contributed by atoms with van der Waals surface area (Å²) in [7, 11) is 0. The van der Waals surface area contributed by atoms with Crippen LogP contribution in [0.25, 0.3) is 11.0 Å². The summed E-state index contributed by atoms with van der Waals surface area (Å²) < 4.78 is 5.24. The highest BCUT2D eigenvalue weighted by molar-refractivity contribution is 6.32. The maximum Gasteiger partial charge on any atom is 0.336 e. The molecule has 1 aromatic heterocycles. The van der Waals surface area contributed by atoms with Crippen LogP contribution in [0.3, 0.4) is 0 Å². The second-order valence-electron chi connectivity index (χ2n) is 6.61. The van der Waals surface area contributed by atoms with E-state index in [4.69, 9.17) is 16.0 Å². The first-order valence-electron chi connectivity index (χ1n) is 8.19. The molecule has 1 aliphatic heterocycles. The van der Waals surface area contributed by atoms with Gasteiger partial charge in [0.15, 0.2) is 0 Å². The first-order valence-corrected chi connectivity index (χ1v) is 8.56. The number of hydrogen-bond donors (Lipinski definition) is 0. The summed E-state index contributed by atoms with van der Waals surface area (Å²) >= 11 is 6.20. The molecule has 0 N–H and O–H groups in total. The molecule has 1 aromatic carbocycles. The molecule has 2 aromatic rings. The zero-order valence-electron chi connectivity index (χ0n) is 13.6. The van der Waals surface area contributed by atoms with Crippen molar-refractivity contribution in [2.24, 2.45) is 11.8 Å². The standard InChI is InChI=1S/C19H16ClNO4/c1-10-6-16-14(8-15(10)20)11(7-17(22)25-16)9-21-18(23)12-4-2-3-5-13(12)19(21)24/h2-3,6-8,12-13H,4-5,9H2,1H3/t12-,13-/m1/s1. The molecule has 128 valence electrons. The third-order valence-electron chi connectivity index (χ3n) is 5.04. The monoisotopic (exact) mass is 357 g/mol. The lowest BCUT2D eigenvalue weighted by molar-refractivity contribution is -0.140. The van der Waals surface area contributed by atoms with E-state index < -0.39 is 5.63 Å². The number of halogens is 1. The summed E-state index contributed by atoms with van der Waals surface area (Å²) in [6.07, 6.45) is 5.08. The van der Waals surface area contributed by atoms with Gasteiger partial charge in [-0.05, 0) is 43.0 Å². The molecule has 25 heavy (non-hydrogen) atoms. The van der Waals surface area contributed by atoms with Crippen LogP contribution < -0.4 is 5.63 Å². The number of fused-ring (bicyclic) bond motifs is 2. The van der Waals surface area contributed by atoms with Crippen molar-refractivity contribution in [3.63, 3.8) is 0 Å². The predicted molar refractivity (Wildman–Crippen MR) is 93.1 cm³/mol. The maximum atomic E-state index is 12.6. The predicted octanol–water partition coefficient (Wildman–Crippen LogP) is 3.21. The molecule has 2 heterocycles. The van der Waals surface area contributed by atoms with Crippen molar-refractivity contribution >= 4 is 34.4 Å². The molecular weight excluding hydrogens is 342 g/mol. The van der Waals surface area contributed by atoms with E-state index in [0.717, 1.165) is 5.56 Å². The molecule has 0 unspecified atom stereocenters. The number of imide groups is 1. The SMILES string of the molecule is Cc1cc2oc(=O)cc(CN3C(=O)[C@@H]4CC=CC[C@H]4C3=O)c2cc1Cl. The van der Waals surface area contributed by atoms with Crippen LogP contribution in [-0.4, -0.2) is 16.7 Å². The van der Waals surface area contributed by atoms with Gasteiger partial charge in [0.1, 0.15) is 5.58 Å². The molecule has 4 rings (SSSR count). The van der Waals surface area contributed by atoms with Crippen molar-refractivity contribution in [1.29, 1.82) is 0 Å². The number of likely N-dealkylation sites (tertiary alicyclic amines) is 1. The lowest BCUT2D eigenvalue weighted by atomic mass is 9.85. The van der Waals surface area contributed by atoms with Crippen molar-refractivity contribution in [2.45, 2.75) is 26.3 Å². The molecule has 2 atom stereocenters. The van der Waals surface area contributed by atoms with Crippen LogP contribution in [0, 0.1) is 18.8 Å². The van der Waals surface area contributed by atoms with E-state index in [1.807, 2.05) is 19.1 Å². The fourth-order valence-electron chi connectivity index (χ4n) is 3.67. The Morgan fingerprint density at radius 2 is 1.72 bits per heavy atom. The Morgan fingerprint density at radius 1 is 1.08 bits per heavy atom. The molecule has 0 saturated carbocycles. The minimum atomic E-state index is -0.512. The quantitative estimate of drug-likeness (QED) is 0.470. The Hall–Kier alpha value is -2.40. The first-order chi connectivity index (χ1) is 12.0. The number of carbonyl (C=O) groups is 2. The van der Waals surface area contributed by atoms with E-state index in [1.54, 1.807) is 12.1 Å². The van der Waals surface area contributed by atoms with Crippen LogP contribution in [0.1, 0.15) is 24.0 Å². The number of amides is 2. The molecule has 0 radical (unpaired) electrons. The van der Waals surface area contributed by atoms with E-state index in [2.05, 4.69) is 0 Å². The highest BCUT2D eigenvalue weighted by Crippen LogP contribution is 2.36. The summed E-state index contributed by atoms with van der Waals surface area (Å²) in [5.41, 5.74) is 1.26. The van der Waals surface area contributed by atoms with Crippen LogP contribution in [0.15, 0.2) is 39.6 Å². The van der Waals surface area contributed by atoms with Gasteiger partial charge in [-0.3, -0.25) is 14.5 Å². The smallest absolute Gasteiger partial charge is 0.336 e. The van der Waals surface area contributed by atoms with Gasteiger partial charge in [-0.15, -0.1) is 0 Å². The average molecular weight is 358 g/mol. The van der Waals surface area contributed by atoms with Gasteiger partial charge in [0.2, 0.25) is 11.8 Å². The molecule has 5 nitrogen and oxygen atoms in total. The minimum Gasteiger partial charge on any atom is -0.423 e. The average Bonchev–Trinajstić information content (AvgIpc) is 2.82. The van der Waals surface area contributed by atoms with Crippen molar-refractivity contribution in [2.75, 3.05) is 0 Å². The summed E-state index contributed by atoms with van der Waals surface area (Å²) in [6.45, 7) is 1.88. The molecule has 2 aliphatic rings. The van der Waals surface area contributed by atoms with Crippen LogP contribution >= 0.6 is 11.6 Å². The largest absolute Gasteiger partial charge is 0.423 e. The van der Waals surface area contributed by atoms with E-state index in [0.29, 0.717) is 34.4 Å². The van der Waals surface area contributed by atoms with Gasteiger partial charge >= 0.3 is 5.63 Å². The number of allylic oxidation sites excluding steroid dienone is 2. The molecule has 1 saturated heterocycles. The van der Waals surface area contributed by atoms with Gasteiger partial charge in [-0.1, -0.05) is 23.8 Å². The lowest BCUT2D eigenvalue weighted by Gasteiger charge is -2.16. The molecule has 0 spiro atoms. The Labute approximate surface area is 148 Å². The highest BCUT2D eigenvalue weighted by Gasteiger charge is 2.47. The number of hydrogen-bond acceptors (Lipinski definition) is 4. The first kappa shape index (κ1) is 16.1. The van der Waals surface area contributed by atoms with Gasteiger partial charge < -0.3 is 4.42 Å². The summed E-state index contributed by atoms with van der Waals surface area (Å²) in [5, 5.41) is 1.18. The summed E-state index contributed by atoms with van der Waals surface area (Å²) in [5.74, 6) is -0.901. The second kappa shape index (κ2) is 5.85. The van der Waals surface area contributed by atoms with E-state index >= 15 is 0 Å². The molecular formula is C19H16ClNO4. The molecule has 1 aliphatic carbocycles. The summed E-state index contributed by atoms with van der Waals surface area (Å²) in [6, 6.07) is 4.73. The Morgan fingerprint density at radius 3 is 2.36 bits per heavy atom. The van der Waals surface area contributed by atoms with E-state index in [-0.39, 0.29) is 30.2 Å². The van der Waals surface area contributed by atoms with Crippen LogP contribution in [0.5, 0.6) is 0 Å². The maximum absolute atomic E-state index is 12.6. The Balaban J connectivity index is 1.76. The van der Waals surface area contributed by atoms with Gasteiger partial charge in [-0.2, -0.15) is 0 Å². The van der Waals surface area contributed by atoms with Crippen LogP contribution in [0.2, 0.25) is 5.02 Å². The van der Waals surface area contributed by atoms with Crippen molar-refractivity contribution in [3.8, 4) is 0 Å². The van der Waals surface area contributed by atoms with E-state index in [9.17, 15) is 14.4 Å². The fraction of sp³-hybridized carbons (Fsp3) is 0.316. The minimum absolute atomic E-state index is 0.0617. The zero-order valence-corrected chi connectivity index (χ0v) is 14.4. The molecule has 0 bridgehead atoms. The number of carbonyl (C=O) groups excluding carboxylic acids is 2. The van der Waals surface area contributed by atoms with Gasteiger partial charge in [-0.25, -0.2) is 4.79 Å². The number of aryl methyl sites for hydroxylation is 1. The fourth-order valence-corrected chi connectivity index (χ4v) is 3.84. The zero-order chi connectivity index (χ0) is 17.7. The van der Waals surface area contributed by atoms with Crippen LogP contribution in [-0.2, 0) is 16.1 Å².